The highest BCUT2D eigenvalue weighted by atomic mass is 19.1. The number of benzene rings is 2. The smallest absolute Gasteiger partial charge is 0.167 e. The minimum atomic E-state index is -0.677. The summed E-state index contributed by atoms with van der Waals surface area (Å²) in [5, 5.41) is 0. The molecule has 0 aliphatic heterocycles. The molecule has 2 rings (SSSR count). The minimum absolute atomic E-state index is 0.0778. The van der Waals surface area contributed by atoms with Crippen LogP contribution in [-0.4, -0.2) is 6.61 Å². The Morgan fingerprint density at radius 1 is 1.05 bits per heavy atom. The monoisotopic (exact) mass is 263 g/mol. The highest BCUT2D eigenvalue weighted by molar-refractivity contribution is 5.40. The second-order valence-corrected chi connectivity index (χ2v) is 4.27. The van der Waals surface area contributed by atoms with Crippen LogP contribution in [-0.2, 0) is 6.42 Å². The van der Waals surface area contributed by atoms with Crippen molar-refractivity contribution in [1.29, 1.82) is 0 Å². The van der Waals surface area contributed by atoms with E-state index in [9.17, 15) is 8.78 Å². The quantitative estimate of drug-likeness (QED) is 0.661. The Bertz CT molecular complexity index is 558. The molecule has 100 valence electrons. The Morgan fingerprint density at radius 2 is 1.89 bits per heavy atom. The van der Waals surface area contributed by atoms with Gasteiger partial charge in [0.15, 0.2) is 11.6 Å². The van der Waals surface area contributed by atoms with Gasteiger partial charge in [-0.15, -0.1) is 0 Å². The van der Waals surface area contributed by atoms with Crippen molar-refractivity contribution >= 4 is 5.69 Å². The third-order valence-corrected chi connectivity index (χ3v) is 2.71. The molecule has 4 heteroatoms. The molecule has 2 N–H and O–H groups in total. The summed E-state index contributed by atoms with van der Waals surface area (Å²) >= 11 is 0. The third-order valence-electron chi connectivity index (χ3n) is 2.71. The van der Waals surface area contributed by atoms with Crippen LogP contribution < -0.4 is 10.5 Å². The zero-order valence-electron chi connectivity index (χ0n) is 10.4. The zero-order chi connectivity index (χ0) is 13.7. The first-order valence-electron chi connectivity index (χ1n) is 6.07. The van der Waals surface area contributed by atoms with Crippen LogP contribution >= 0.6 is 0 Å². The lowest BCUT2D eigenvalue weighted by molar-refractivity contribution is 0.294. The number of hydrogen-bond acceptors (Lipinski definition) is 2. The van der Waals surface area contributed by atoms with E-state index >= 15 is 0 Å². The van der Waals surface area contributed by atoms with Crippen molar-refractivity contribution in [2.45, 2.75) is 12.8 Å². The summed E-state index contributed by atoms with van der Waals surface area (Å²) in [5.41, 5.74) is 7.51. The van der Waals surface area contributed by atoms with Gasteiger partial charge in [0.2, 0.25) is 0 Å². The van der Waals surface area contributed by atoms with Crippen LogP contribution in [0, 0.1) is 11.6 Å². The third kappa shape index (κ3) is 3.95. The molecule has 2 aromatic carbocycles. The molecule has 0 unspecified atom stereocenters. The van der Waals surface area contributed by atoms with Gasteiger partial charge in [-0.05, 0) is 42.7 Å². The van der Waals surface area contributed by atoms with E-state index in [4.69, 9.17) is 10.5 Å². The summed E-state index contributed by atoms with van der Waals surface area (Å²) in [6.07, 6.45) is 1.54. The van der Waals surface area contributed by atoms with Crippen LogP contribution in [0.2, 0.25) is 0 Å². The van der Waals surface area contributed by atoms with Gasteiger partial charge in [-0.2, -0.15) is 0 Å². The van der Waals surface area contributed by atoms with Crippen molar-refractivity contribution in [2.75, 3.05) is 12.3 Å². The Labute approximate surface area is 110 Å². The first-order valence-corrected chi connectivity index (χ1v) is 6.07. The first-order chi connectivity index (χ1) is 9.15. The molecule has 0 bridgehead atoms. The van der Waals surface area contributed by atoms with E-state index in [0.717, 1.165) is 30.2 Å². The maximum atomic E-state index is 13.3. The average Bonchev–Trinajstić information content (AvgIpc) is 2.37. The maximum absolute atomic E-state index is 13.3. The van der Waals surface area contributed by atoms with Crippen LogP contribution in [0.4, 0.5) is 14.5 Å². The molecule has 0 aliphatic rings. The number of anilines is 1. The second kappa shape index (κ2) is 6.18. The van der Waals surface area contributed by atoms with Gasteiger partial charge >= 0.3 is 0 Å². The molecule has 0 aromatic heterocycles. The highest BCUT2D eigenvalue weighted by Gasteiger charge is 2.04. The van der Waals surface area contributed by atoms with E-state index in [0.29, 0.717) is 6.61 Å². The predicted octanol–water partition coefficient (Wildman–Crippen LogP) is 3.56. The SMILES string of the molecule is Nc1cccc(CCCOc2ccc(F)cc2F)c1. The number of rotatable bonds is 5. The van der Waals surface area contributed by atoms with Crippen LogP contribution in [0.5, 0.6) is 5.75 Å². The van der Waals surface area contributed by atoms with Gasteiger partial charge in [0, 0.05) is 11.8 Å². The summed E-state index contributed by atoms with van der Waals surface area (Å²) < 4.78 is 31.2. The zero-order valence-corrected chi connectivity index (χ0v) is 10.4. The van der Waals surface area contributed by atoms with Crippen molar-refractivity contribution in [2.24, 2.45) is 0 Å². The fraction of sp³-hybridized carbons (Fsp3) is 0.200. The van der Waals surface area contributed by atoms with Gasteiger partial charge < -0.3 is 10.5 Å². The van der Waals surface area contributed by atoms with Gasteiger partial charge in [0.05, 0.1) is 6.61 Å². The normalized spacial score (nSPS) is 10.4. The van der Waals surface area contributed by atoms with Crippen molar-refractivity contribution in [3.63, 3.8) is 0 Å². The number of ether oxygens (including phenoxy) is 1. The van der Waals surface area contributed by atoms with Gasteiger partial charge in [-0.1, -0.05) is 12.1 Å². The van der Waals surface area contributed by atoms with E-state index < -0.39 is 11.6 Å². The lowest BCUT2D eigenvalue weighted by Gasteiger charge is -2.07. The fourth-order valence-corrected chi connectivity index (χ4v) is 1.80. The van der Waals surface area contributed by atoms with Crippen LogP contribution in [0.1, 0.15) is 12.0 Å². The van der Waals surface area contributed by atoms with Gasteiger partial charge in [0.25, 0.3) is 0 Å². The van der Waals surface area contributed by atoms with Crippen molar-refractivity contribution in [1.82, 2.24) is 0 Å². The second-order valence-electron chi connectivity index (χ2n) is 4.27. The lowest BCUT2D eigenvalue weighted by Crippen LogP contribution is -2.01. The summed E-state index contributed by atoms with van der Waals surface area (Å²) in [6, 6.07) is 10.9. The van der Waals surface area contributed by atoms with Crippen LogP contribution in [0.15, 0.2) is 42.5 Å². The molecule has 0 fully saturated rings. The molecular formula is C15H15F2NO. The van der Waals surface area contributed by atoms with Gasteiger partial charge in [0.1, 0.15) is 5.82 Å². The van der Waals surface area contributed by atoms with E-state index in [2.05, 4.69) is 0 Å². The maximum Gasteiger partial charge on any atom is 0.167 e. The number of nitrogens with two attached hydrogens (primary N) is 1. The summed E-state index contributed by atoms with van der Waals surface area (Å²) in [6.45, 7) is 0.372. The van der Waals surface area contributed by atoms with Gasteiger partial charge in [-0.25, -0.2) is 8.78 Å². The van der Waals surface area contributed by atoms with E-state index in [1.54, 1.807) is 0 Å². The molecule has 2 nitrogen and oxygen atoms in total. The Balaban J connectivity index is 1.81. The largest absolute Gasteiger partial charge is 0.491 e. The van der Waals surface area contributed by atoms with Crippen LogP contribution in [0.25, 0.3) is 0 Å². The van der Waals surface area contributed by atoms with E-state index in [1.165, 1.54) is 12.1 Å². The Morgan fingerprint density at radius 3 is 2.63 bits per heavy atom. The minimum Gasteiger partial charge on any atom is -0.491 e. The lowest BCUT2D eigenvalue weighted by atomic mass is 10.1. The van der Waals surface area contributed by atoms with Crippen molar-refractivity contribution in [3.05, 3.63) is 59.7 Å². The number of nitrogen functional groups attached to an aromatic ring is 1. The summed E-state index contributed by atoms with van der Waals surface area (Å²) in [4.78, 5) is 0. The van der Waals surface area contributed by atoms with Gasteiger partial charge in [-0.3, -0.25) is 0 Å². The van der Waals surface area contributed by atoms with Crippen molar-refractivity contribution < 1.29 is 13.5 Å². The summed E-state index contributed by atoms with van der Waals surface area (Å²) in [5.74, 6) is -1.21. The molecule has 0 saturated heterocycles. The number of halogens is 2. The number of aryl methyl sites for hydroxylation is 1. The predicted molar refractivity (Wildman–Crippen MR) is 71.0 cm³/mol. The molecular weight excluding hydrogens is 248 g/mol. The first kappa shape index (κ1) is 13.3. The Hall–Kier alpha value is -2.10. The topological polar surface area (TPSA) is 35.2 Å². The Kier molecular flexibility index (Phi) is 4.34. The van der Waals surface area contributed by atoms with E-state index in [-0.39, 0.29) is 5.75 Å². The molecule has 0 radical (unpaired) electrons. The average molecular weight is 263 g/mol. The molecule has 0 heterocycles. The fourth-order valence-electron chi connectivity index (χ4n) is 1.80. The van der Waals surface area contributed by atoms with E-state index in [1.807, 2.05) is 24.3 Å². The molecule has 19 heavy (non-hydrogen) atoms. The highest BCUT2D eigenvalue weighted by Crippen LogP contribution is 2.18. The van der Waals surface area contributed by atoms with Crippen LogP contribution in [0.3, 0.4) is 0 Å². The molecule has 2 aromatic rings. The summed E-state index contributed by atoms with van der Waals surface area (Å²) in [7, 11) is 0. The van der Waals surface area contributed by atoms with Crippen molar-refractivity contribution in [3.8, 4) is 5.75 Å². The molecule has 0 atom stereocenters. The number of hydrogen-bond donors (Lipinski definition) is 1. The molecule has 0 amide bonds. The standard InChI is InChI=1S/C15H15F2NO/c16-12-6-7-15(14(17)10-12)19-8-2-4-11-3-1-5-13(18)9-11/h1,3,5-7,9-10H,2,4,8,18H2. The molecule has 0 saturated carbocycles. The molecule has 0 aliphatic carbocycles. The molecule has 0 spiro atoms.